The Bertz CT molecular complexity index is 456. The zero-order valence-corrected chi connectivity index (χ0v) is 8.47. The molecule has 0 saturated heterocycles. The minimum atomic E-state index is -0.650. The topological polar surface area (TPSA) is 82.3 Å². The Morgan fingerprint density at radius 1 is 1.62 bits per heavy atom. The van der Waals surface area contributed by atoms with Crippen molar-refractivity contribution in [3.63, 3.8) is 0 Å². The van der Waals surface area contributed by atoms with Crippen molar-refractivity contribution in [2.75, 3.05) is 6.61 Å². The summed E-state index contributed by atoms with van der Waals surface area (Å²) in [5.41, 5.74) is 0.153. The summed E-state index contributed by atoms with van der Waals surface area (Å²) in [5, 5.41) is 10.3. The lowest BCUT2D eigenvalue weighted by atomic mass is 10.3. The fourth-order valence-corrected chi connectivity index (χ4v) is 0.850. The van der Waals surface area contributed by atoms with Crippen LogP contribution in [0.4, 0.5) is 5.69 Å². The summed E-state index contributed by atoms with van der Waals surface area (Å²) < 4.78 is 4.58. The molecule has 0 aliphatic rings. The van der Waals surface area contributed by atoms with Gasteiger partial charge in [0, 0.05) is 12.0 Å². The van der Waals surface area contributed by atoms with Crippen LogP contribution in [0.25, 0.3) is 0 Å². The molecule has 0 amide bonds. The summed E-state index contributed by atoms with van der Waals surface area (Å²) in [7, 11) is 0. The maximum atomic E-state index is 10.9. The molecule has 0 unspecified atom stereocenters. The second kappa shape index (κ2) is 5.46. The van der Waals surface area contributed by atoms with Crippen molar-refractivity contribution >= 4 is 11.7 Å². The van der Waals surface area contributed by atoms with Gasteiger partial charge in [0.2, 0.25) is 0 Å². The zero-order valence-electron chi connectivity index (χ0n) is 8.47. The molecule has 1 rings (SSSR count). The van der Waals surface area contributed by atoms with Crippen LogP contribution < -0.4 is 0 Å². The van der Waals surface area contributed by atoms with Gasteiger partial charge >= 0.3 is 5.97 Å². The molecule has 1 aromatic rings. The van der Waals surface area contributed by atoms with Crippen molar-refractivity contribution in [3.8, 4) is 11.8 Å². The first-order chi connectivity index (χ1) is 7.63. The summed E-state index contributed by atoms with van der Waals surface area (Å²) in [4.78, 5) is 24.3. The largest absolute Gasteiger partial charge is 0.456 e. The van der Waals surface area contributed by atoms with E-state index in [2.05, 4.69) is 21.6 Å². The smallest absolute Gasteiger partial charge is 0.384 e. The highest BCUT2D eigenvalue weighted by molar-refractivity contribution is 5.88. The van der Waals surface area contributed by atoms with Crippen molar-refractivity contribution in [1.82, 2.24) is 4.98 Å². The molecule has 0 N–H and O–H groups in total. The Hall–Kier alpha value is -2.42. The Morgan fingerprint density at radius 3 is 2.88 bits per heavy atom. The number of rotatable bonds is 2. The lowest BCUT2D eigenvalue weighted by molar-refractivity contribution is -0.385. The summed E-state index contributed by atoms with van der Waals surface area (Å²) >= 11 is 0. The van der Waals surface area contributed by atoms with Gasteiger partial charge in [-0.3, -0.25) is 10.1 Å². The maximum Gasteiger partial charge on any atom is 0.384 e. The van der Waals surface area contributed by atoms with E-state index in [9.17, 15) is 14.9 Å². The summed E-state index contributed by atoms with van der Waals surface area (Å²) in [5.74, 6) is 3.99. The first kappa shape index (κ1) is 11.7. The molecule has 0 aromatic carbocycles. The van der Waals surface area contributed by atoms with Gasteiger partial charge in [-0.1, -0.05) is 0 Å². The second-order valence-corrected chi connectivity index (χ2v) is 2.63. The third kappa shape index (κ3) is 3.38. The van der Waals surface area contributed by atoms with Gasteiger partial charge in [0.15, 0.2) is 0 Å². The van der Waals surface area contributed by atoms with Crippen LogP contribution in [-0.2, 0) is 9.53 Å². The van der Waals surface area contributed by atoms with E-state index in [0.29, 0.717) is 0 Å². The molecule has 0 aliphatic heterocycles. The third-order valence-corrected chi connectivity index (χ3v) is 1.53. The predicted octanol–water partition coefficient (Wildman–Crippen LogP) is 0.904. The Kier molecular flexibility index (Phi) is 3.98. The van der Waals surface area contributed by atoms with Gasteiger partial charge in [0.1, 0.15) is 11.9 Å². The highest BCUT2D eigenvalue weighted by atomic mass is 16.6. The summed E-state index contributed by atoms with van der Waals surface area (Å²) in [6, 6.07) is 2.63. The SMILES string of the molecule is CCOC(=O)C#Cc1ccc([N+](=O)[O-])cn1. The van der Waals surface area contributed by atoms with Gasteiger partial charge in [0.05, 0.1) is 11.5 Å². The standard InChI is InChI=1S/C10H8N2O4/c1-2-16-10(13)6-4-8-3-5-9(7-11-8)12(14)15/h3,5,7H,2H2,1H3. The minimum absolute atomic E-state index is 0.123. The molecule has 6 heteroatoms. The van der Waals surface area contributed by atoms with E-state index in [-0.39, 0.29) is 18.0 Å². The molecule has 1 heterocycles. The van der Waals surface area contributed by atoms with Crippen LogP contribution in [0.1, 0.15) is 12.6 Å². The molecule has 82 valence electrons. The normalized spacial score (nSPS) is 8.81. The van der Waals surface area contributed by atoms with E-state index in [4.69, 9.17) is 0 Å². The number of nitrogens with zero attached hydrogens (tertiary/aromatic N) is 2. The number of carbonyl (C=O) groups is 1. The molecule has 0 saturated carbocycles. The molecule has 1 aromatic heterocycles. The quantitative estimate of drug-likeness (QED) is 0.320. The second-order valence-electron chi connectivity index (χ2n) is 2.63. The average molecular weight is 220 g/mol. The van der Waals surface area contributed by atoms with E-state index < -0.39 is 10.9 Å². The highest BCUT2D eigenvalue weighted by Gasteiger charge is 2.03. The molecule has 6 nitrogen and oxygen atoms in total. The highest BCUT2D eigenvalue weighted by Crippen LogP contribution is 2.07. The van der Waals surface area contributed by atoms with Crippen molar-refractivity contribution in [3.05, 3.63) is 34.1 Å². The molecular weight excluding hydrogens is 212 g/mol. The van der Waals surface area contributed by atoms with E-state index in [1.54, 1.807) is 6.92 Å². The third-order valence-electron chi connectivity index (χ3n) is 1.53. The van der Waals surface area contributed by atoms with Crippen molar-refractivity contribution < 1.29 is 14.5 Å². The Balaban J connectivity index is 2.75. The lowest BCUT2D eigenvalue weighted by Gasteiger charge is -1.92. The summed E-state index contributed by atoms with van der Waals surface area (Å²) in [6.45, 7) is 1.92. The van der Waals surface area contributed by atoms with E-state index in [0.717, 1.165) is 6.20 Å². The fourth-order valence-electron chi connectivity index (χ4n) is 0.850. The van der Waals surface area contributed by atoms with Gasteiger partial charge < -0.3 is 4.74 Å². The average Bonchev–Trinajstić information content (AvgIpc) is 2.27. The number of carbonyl (C=O) groups excluding carboxylic acids is 1. The van der Waals surface area contributed by atoms with Crippen LogP contribution in [0.15, 0.2) is 18.3 Å². The number of aromatic nitrogens is 1. The number of nitro groups is 1. The molecule has 0 aliphatic carbocycles. The fraction of sp³-hybridized carbons (Fsp3) is 0.200. The number of ether oxygens (including phenoxy) is 1. The lowest BCUT2D eigenvalue weighted by Crippen LogP contribution is -1.99. The monoisotopic (exact) mass is 220 g/mol. The van der Waals surface area contributed by atoms with Crippen LogP contribution in [-0.4, -0.2) is 22.5 Å². The first-order valence-corrected chi connectivity index (χ1v) is 4.42. The molecule has 0 spiro atoms. The van der Waals surface area contributed by atoms with E-state index >= 15 is 0 Å². The zero-order chi connectivity index (χ0) is 12.0. The van der Waals surface area contributed by atoms with Crippen LogP contribution >= 0.6 is 0 Å². The molecule has 0 fully saturated rings. The molecule has 0 radical (unpaired) electrons. The number of hydrogen-bond acceptors (Lipinski definition) is 5. The maximum absolute atomic E-state index is 10.9. The van der Waals surface area contributed by atoms with Gasteiger partial charge in [0.25, 0.3) is 5.69 Å². The van der Waals surface area contributed by atoms with Crippen LogP contribution in [0.2, 0.25) is 0 Å². The van der Waals surface area contributed by atoms with Crippen LogP contribution in [0.5, 0.6) is 0 Å². The van der Waals surface area contributed by atoms with E-state index in [1.165, 1.54) is 12.1 Å². The van der Waals surface area contributed by atoms with Crippen molar-refractivity contribution in [2.24, 2.45) is 0 Å². The number of hydrogen-bond donors (Lipinski definition) is 0. The van der Waals surface area contributed by atoms with Crippen molar-refractivity contribution in [2.45, 2.75) is 6.92 Å². The molecular formula is C10H8N2O4. The van der Waals surface area contributed by atoms with Crippen molar-refractivity contribution in [1.29, 1.82) is 0 Å². The van der Waals surface area contributed by atoms with Gasteiger partial charge in [-0.2, -0.15) is 0 Å². The van der Waals surface area contributed by atoms with Crippen LogP contribution in [0.3, 0.4) is 0 Å². The number of esters is 1. The van der Waals surface area contributed by atoms with Gasteiger partial charge in [-0.05, 0) is 18.9 Å². The van der Waals surface area contributed by atoms with Gasteiger partial charge in [-0.15, -0.1) is 0 Å². The molecule has 0 atom stereocenters. The molecule has 0 bridgehead atoms. The first-order valence-electron chi connectivity index (χ1n) is 4.42. The van der Waals surface area contributed by atoms with E-state index in [1.807, 2.05) is 0 Å². The Morgan fingerprint density at radius 2 is 2.38 bits per heavy atom. The number of pyridine rings is 1. The molecule has 16 heavy (non-hydrogen) atoms. The Labute approximate surface area is 91.4 Å². The minimum Gasteiger partial charge on any atom is -0.456 e. The predicted molar refractivity (Wildman–Crippen MR) is 54.4 cm³/mol. The van der Waals surface area contributed by atoms with Crippen LogP contribution in [0, 0.1) is 22.0 Å². The van der Waals surface area contributed by atoms with Gasteiger partial charge in [-0.25, -0.2) is 9.78 Å². The summed E-state index contributed by atoms with van der Waals surface area (Å²) in [6.07, 6.45) is 1.08.